The maximum atomic E-state index is 11.8. The molecule has 124 valence electrons. The van der Waals surface area contributed by atoms with E-state index in [1.165, 1.54) is 0 Å². The number of benzene rings is 1. The monoisotopic (exact) mass is 321 g/mol. The van der Waals surface area contributed by atoms with Gasteiger partial charge in [-0.1, -0.05) is 6.07 Å². The predicted molar refractivity (Wildman–Crippen MR) is 81.3 cm³/mol. The molecule has 1 aliphatic heterocycles. The van der Waals surface area contributed by atoms with Gasteiger partial charge in [-0.3, -0.25) is 14.9 Å². The molecule has 1 atom stereocenters. The first kappa shape index (κ1) is 16.6. The molecule has 0 spiro atoms. The Kier molecular flexibility index (Phi) is 5.40. The number of methoxy groups -OCH3 is 2. The van der Waals surface area contributed by atoms with E-state index in [-0.39, 0.29) is 12.3 Å². The van der Waals surface area contributed by atoms with Crippen molar-refractivity contribution in [2.45, 2.75) is 18.9 Å². The van der Waals surface area contributed by atoms with E-state index in [1.807, 2.05) is 12.1 Å². The molecule has 1 heterocycles. The zero-order valence-corrected chi connectivity index (χ0v) is 13.0. The summed E-state index contributed by atoms with van der Waals surface area (Å²) in [6, 6.07) is 4.16. The lowest BCUT2D eigenvalue weighted by Gasteiger charge is -2.11. The van der Waals surface area contributed by atoms with Gasteiger partial charge in [0.15, 0.2) is 11.5 Å². The number of urea groups is 1. The van der Waals surface area contributed by atoms with Crippen LogP contribution in [0.15, 0.2) is 18.2 Å². The number of hydrogen-bond donors (Lipinski definition) is 3. The molecule has 0 saturated carbocycles. The second kappa shape index (κ2) is 7.48. The Morgan fingerprint density at radius 2 is 1.96 bits per heavy atom. The number of carbonyl (C=O) groups excluding carboxylic acids is 3. The summed E-state index contributed by atoms with van der Waals surface area (Å²) >= 11 is 0. The molecule has 8 nitrogen and oxygen atoms in total. The van der Waals surface area contributed by atoms with Gasteiger partial charge in [0.2, 0.25) is 5.91 Å². The molecule has 0 aromatic heterocycles. The summed E-state index contributed by atoms with van der Waals surface area (Å²) in [5.41, 5.74) is 0.981. The fraction of sp³-hybridized carbons (Fsp3) is 0.400. The Hall–Kier alpha value is -2.77. The Morgan fingerprint density at radius 3 is 2.57 bits per heavy atom. The van der Waals surface area contributed by atoms with E-state index in [0.29, 0.717) is 24.5 Å². The van der Waals surface area contributed by atoms with Gasteiger partial charge in [0, 0.05) is 6.54 Å². The fourth-order valence-corrected chi connectivity index (χ4v) is 2.24. The van der Waals surface area contributed by atoms with Gasteiger partial charge in [-0.25, -0.2) is 4.79 Å². The van der Waals surface area contributed by atoms with Crippen molar-refractivity contribution >= 4 is 17.8 Å². The molecule has 2 rings (SSSR count). The van der Waals surface area contributed by atoms with Crippen molar-refractivity contribution in [3.63, 3.8) is 0 Å². The first-order valence-electron chi connectivity index (χ1n) is 7.12. The van der Waals surface area contributed by atoms with Gasteiger partial charge in [0.05, 0.1) is 20.6 Å². The second-order valence-corrected chi connectivity index (χ2v) is 5.01. The summed E-state index contributed by atoms with van der Waals surface area (Å²) < 4.78 is 10.4. The van der Waals surface area contributed by atoms with Gasteiger partial charge < -0.3 is 20.1 Å². The highest BCUT2D eigenvalue weighted by molar-refractivity contribution is 6.05. The number of carbonyl (C=O) groups is 3. The van der Waals surface area contributed by atoms with Crippen molar-refractivity contribution in [3.8, 4) is 11.5 Å². The third-order valence-electron chi connectivity index (χ3n) is 3.43. The molecule has 8 heteroatoms. The molecule has 0 radical (unpaired) electrons. The van der Waals surface area contributed by atoms with Gasteiger partial charge in [0.25, 0.3) is 5.91 Å². The lowest BCUT2D eigenvalue weighted by Crippen LogP contribution is -2.36. The van der Waals surface area contributed by atoms with Gasteiger partial charge in [-0.15, -0.1) is 0 Å². The normalized spacial score (nSPS) is 16.5. The van der Waals surface area contributed by atoms with Gasteiger partial charge in [0.1, 0.15) is 6.04 Å². The molecule has 1 aromatic carbocycles. The summed E-state index contributed by atoms with van der Waals surface area (Å²) in [6.07, 6.45) is 0.527. The summed E-state index contributed by atoms with van der Waals surface area (Å²) in [6.45, 7) is 0.413. The van der Waals surface area contributed by atoms with E-state index < -0.39 is 18.0 Å². The summed E-state index contributed by atoms with van der Waals surface area (Å²) in [4.78, 5) is 34.1. The highest BCUT2D eigenvalue weighted by Gasteiger charge is 2.30. The molecule has 1 unspecified atom stereocenters. The van der Waals surface area contributed by atoms with Crippen LogP contribution >= 0.6 is 0 Å². The maximum Gasteiger partial charge on any atom is 0.322 e. The van der Waals surface area contributed by atoms with E-state index in [0.717, 1.165) is 5.56 Å². The van der Waals surface area contributed by atoms with Crippen molar-refractivity contribution in [2.24, 2.45) is 0 Å². The molecule has 1 aromatic rings. The topological polar surface area (TPSA) is 106 Å². The third-order valence-corrected chi connectivity index (χ3v) is 3.43. The van der Waals surface area contributed by atoms with Crippen LogP contribution in [0.25, 0.3) is 0 Å². The van der Waals surface area contributed by atoms with E-state index in [4.69, 9.17) is 9.47 Å². The molecule has 0 bridgehead atoms. The van der Waals surface area contributed by atoms with Gasteiger partial charge in [-0.05, 0) is 24.1 Å². The van der Waals surface area contributed by atoms with Crippen LogP contribution in [0.5, 0.6) is 11.5 Å². The van der Waals surface area contributed by atoms with Crippen LogP contribution in [-0.2, 0) is 16.0 Å². The maximum absolute atomic E-state index is 11.8. The Labute approximate surface area is 133 Å². The zero-order valence-electron chi connectivity index (χ0n) is 13.0. The van der Waals surface area contributed by atoms with Crippen LogP contribution in [0.3, 0.4) is 0 Å². The van der Waals surface area contributed by atoms with Gasteiger partial charge in [-0.2, -0.15) is 0 Å². The van der Waals surface area contributed by atoms with Crippen LogP contribution in [0, 0.1) is 0 Å². The molecule has 4 amide bonds. The van der Waals surface area contributed by atoms with Gasteiger partial charge >= 0.3 is 6.03 Å². The second-order valence-electron chi connectivity index (χ2n) is 5.01. The lowest BCUT2D eigenvalue weighted by atomic mass is 10.1. The Morgan fingerprint density at radius 1 is 1.22 bits per heavy atom. The predicted octanol–water partition coefficient (Wildman–Crippen LogP) is -0.0394. The first-order valence-corrected chi connectivity index (χ1v) is 7.12. The molecule has 23 heavy (non-hydrogen) atoms. The lowest BCUT2D eigenvalue weighted by molar-refractivity contribution is -0.126. The molecule has 0 aliphatic carbocycles. The zero-order chi connectivity index (χ0) is 16.8. The number of nitrogens with one attached hydrogen (secondary N) is 3. The fourth-order valence-electron chi connectivity index (χ4n) is 2.24. The number of rotatable bonds is 7. The van der Waals surface area contributed by atoms with Crippen molar-refractivity contribution < 1.29 is 23.9 Å². The molecule has 1 fully saturated rings. The highest BCUT2D eigenvalue weighted by Crippen LogP contribution is 2.27. The van der Waals surface area contributed by atoms with E-state index >= 15 is 0 Å². The highest BCUT2D eigenvalue weighted by atomic mass is 16.5. The first-order chi connectivity index (χ1) is 11.0. The largest absolute Gasteiger partial charge is 0.493 e. The summed E-state index contributed by atoms with van der Waals surface area (Å²) in [7, 11) is 3.13. The average Bonchev–Trinajstić information content (AvgIpc) is 2.84. The van der Waals surface area contributed by atoms with Crippen LogP contribution in [0.1, 0.15) is 12.0 Å². The van der Waals surface area contributed by atoms with Crippen molar-refractivity contribution in [1.82, 2.24) is 16.0 Å². The summed E-state index contributed by atoms with van der Waals surface area (Å²) in [5.74, 6) is 0.489. The Balaban J connectivity index is 1.79. The number of imide groups is 1. The molecule has 1 saturated heterocycles. The molecular weight excluding hydrogens is 302 g/mol. The third kappa shape index (κ3) is 4.35. The van der Waals surface area contributed by atoms with Crippen LogP contribution in [-0.4, -0.2) is 44.7 Å². The van der Waals surface area contributed by atoms with E-state index in [2.05, 4.69) is 16.0 Å². The van der Waals surface area contributed by atoms with E-state index in [9.17, 15) is 14.4 Å². The number of amides is 4. The minimum atomic E-state index is -0.802. The van der Waals surface area contributed by atoms with Crippen molar-refractivity contribution in [3.05, 3.63) is 23.8 Å². The molecule has 3 N–H and O–H groups in total. The SMILES string of the molecule is COc1ccc(CCNC(=O)CC2NC(=O)NC2=O)cc1OC. The van der Waals surface area contributed by atoms with Crippen molar-refractivity contribution in [2.75, 3.05) is 20.8 Å². The number of hydrogen-bond acceptors (Lipinski definition) is 5. The molecular formula is C15H19N3O5. The average molecular weight is 321 g/mol. The van der Waals surface area contributed by atoms with Crippen LogP contribution < -0.4 is 25.4 Å². The van der Waals surface area contributed by atoms with Crippen LogP contribution in [0.2, 0.25) is 0 Å². The summed E-state index contributed by atoms with van der Waals surface area (Å²) in [5, 5.41) is 7.18. The van der Waals surface area contributed by atoms with E-state index in [1.54, 1.807) is 20.3 Å². The quantitative estimate of drug-likeness (QED) is 0.611. The minimum absolute atomic E-state index is 0.0799. The van der Waals surface area contributed by atoms with Crippen LogP contribution in [0.4, 0.5) is 4.79 Å². The smallest absolute Gasteiger partial charge is 0.322 e. The Bertz CT molecular complexity index is 617. The number of ether oxygens (including phenoxy) is 2. The minimum Gasteiger partial charge on any atom is -0.493 e. The molecule has 1 aliphatic rings. The standard InChI is InChI=1S/C15H19N3O5/c1-22-11-4-3-9(7-12(11)23-2)5-6-16-13(19)8-10-14(20)18-15(21)17-10/h3-4,7,10H,5-6,8H2,1-2H3,(H,16,19)(H2,17,18,20,21). The van der Waals surface area contributed by atoms with Crippen molar-refractivity contribution in [1.29, 1.82) is 0 Å².